The van der Waals surface area contributed by atoms with E-state index in [0.29, 0.717) is 6.42 Å². The maximum atomic E-state index is 11.1. The molecule has 1 atom stereocenters. The van der Waals surface area contributed by atoms with Crippen molar-refractivity contribution < 1.29 is 14.3 Å². The molecule has 1 aromatic carbocycles. The summed E-state index contributed by atoms with van der Waals surface area (Å²) in [6.07, 6.45) is -0.0472. The van der Waals surface area contributed by atoms with Gasteiger partial charge < -0.3 is 21.5 Å². The van der Waals surface area contributed by atoms with E-state index in [9.17, 15) is 9.59 Å². The van der Waals surface area contributed by atoms with Crippen molar-refractivity contribution in [1.82, 2.24) is 5.32 Å². The van der Waals surface area contributed by atoms with Crippen molar-refractivity contribution in [1.29, 1.82) is 0 Å². The molecule has 0 saturated carbocycles. The average molecular weight is 251 g/mol. The van der Waals surface area contributed by atoms with Crippen LogP contribution in [0.15, 0.2) is 30.3 Å². The third kappa shape index (κ3) is 5.86. The normalized spacial score (nSPS) is 11.6. The second-order valence-electron chi connectivity index (χ2n) is 3.87. The molecule has 0 fully saturated rings. The van der Waals surface area contributed by atoms with Crippen LogP contribution in [0.5, 0.6) is 0 Å². The number of hydrogen-bond donors (Lipinski definition) is 3. The Hall–Kier alpha value is -2.08. The van der Waals surface area contributed by atoms with Gasteiger partial charge in [-0.1, -0.05) is 30.3 Å². The summed E-state index contributed by atoms with van der Waals surface area (Å²) in [4.78, 5) is 21.5. The Labute approximate surface area is 105 Å². The van der Waals surface area contributed by atoms with Gasteiger partial charge in [0.1, 0.15) is 0 Å². The minimum Gasteiger partial charge on any atom is -0.439 e. The van der Waals surface area contributed by atoms with Crippen molar-refractivity contribution in [3.05, 3.63) is 35.9 Å². The van der Waals surface area contributed by atoms with Gasteiger partial charge in [0.05, 0.1) is 0 Å². The van der Waals surface area contributed by atoms with Gasteiger partial charge in [-0.25, -0.2) is 4.79 Å². The van der Waals surface area contributed by atoms with E-state index in [1.165, 1.54) is 0 Å². The van der Waals surface area contributed by atoms with Crippen LogP contribution in [0.2, 0.25) is 0 Å². The number of hydrogen-bond acceptors (Lipinski definition) is 4. The summed E-state index contributed by atoms with van der Waals surface area (Å²) in [5, 5.41) is 2.46. The zero-order valence-electron chi connectivity index (χ0n) is 9.96. The number of benzene rings is 1. The number of amides is 2. The van der Waals surface area contributed by atoms with Crippen LogP contribution < -0.4 is 16.8 Å². The van der Waals surface area contributed by atoms with Crippen LogP contribution in [0, 0.1) is 0 Å². The Balaban J connectivity index is 2.22. The first-order valence-electron chi connectivity index (χ1n) is 5.56. The third-order valence-corrected chi connectivity index (χ3v) is 2.19. The molecule has 1 unspecified atom stereocenters. The van der Waals surface area contributed by atoms with Gasteiger partial charge in [-0.05, 0) is 12.0 Å². The number of primary amides is 1. The fraction of sp³-hybridized carbons (Fsp3) is 0.333. The van der Waals surface area contributed by atoms with Gasteiger partial charge in [-0.15, -0.1) is 0 Å². The van der Waals surface area contributed by atoms with Gasteiger partial charge >= 0.3 is 6.09 Å². The molecule has 1 aromatic rings. The summed E-state index contributed by atoms with van der Waals surface area (Å²) in [7, 11) is 0. The van der Waals surface area contributed by atoms with E-state index >= 15 is 0 Å². The van der Waals surface area contributed by atoms with Gasteiger partial charge in [0, 0.05) is 12.6 Å². The van der Waals surface area contributed by atoms with E-state index < -0.39 is 18.6 Å². The van der Waals surface area contributed by atoms with Crippen LogP contribution in [0.25, 0.3) is 0 Å². The second kappa shape index (κ2) is 7.29. The maximum absolute atomic E-state index is 11.1. The minimum atomic E-state index is -0.697. The van der Waals surface area contributed by atoms with Crippen LogP contribution in [0.3, 0.4) is 0 Å². The molecule has 2 amide bonds. The lowest BCUT2D eigenvalue weighted by Crippen LogP contribution is -2.39. The van der Waals surface area contributed by atoms with Crippen molar-refractivity contribution in [3.8, 4) is 0 Å². The van der Waals surface area contributed by atoms with Gasteiger partial charge in [0.25, 0.3) is 5.91 Å². The largest absolute Gasteiger partial charge is 0.439 e. The highest BCUT2D eigenvalue weighted by molar-refractivity contribution is 5.78. The van der Waals surface area contributed by atoms with Crippen molar-refractivity contribution in [2.75, 3.05) is 13.2 Å². The Morgan fingerprint density at radius 3 is 2.56 bits per heavy atom. The van der Waals surface area contributed by atoms with E-state index in [4.69, 9.17) is 11.5 Å². The Kier molecular flexibility index (Phi) is 5.66. The zero-order chi connectivity index (χ0) is 13.4. The summed E-state index contributed by atoms with van der Waals surface area (Å²) in [5.74, 6) is -0.696. The number of nitrogens with two attached hydrogens (primary N) is 2. The summed E-state index contributed by atoms with van der Waals surface area (Å²) in [6.45, 7) is -0.160. The Bertz CT molecular complexity index is 395. The fourth-order valence-electron chi connectivity index (χ4n) is 1.39. The number of alkyl carbamates (subject to hydrolysis) is 1. The average Bonchev–Trinajstić information content (AvgIpc) is 2.35. The molecule has 6 nitrogen and oxygen atoms in total. The van der Waals surface area contributed by atoms with Gasteiger partial charge in [-0.2, -0.15) is 0 Å². The SMILES string of the molecule is NC(=O)COC(=O)NCC(N)Cc1ccccc1. The molecule has 0 aliphatic carbocycles. The predicted octanol–water partition coefficient (Wildman–Crippen LogP) is -0.232. The van der Waals surface area contributed by atoms with Crippen molar-refractivity contribution in [2.45, 2.75) is 12.5 Å². The Morgan fingerprint density at radius 1 is 1.28 bits per heavy atom. The highest BCUT2D eigenvalue weighted by Crippen LogP contribution is 2.01. The summed E-state index contributed by atoms with van der Waals surface area (Å²) >= 11 is 0. The molecule has 6 heteroatoms. The second-order valence-corrected chi connectivity index (χ2v) is 3.87. The smallest absolute Gasteiger partial charge is 0.407 e. The number of rotatable bonds is 6. The highest BCUT2D eigenvalue weighted by atomic mass is 16.6. The first-order chi connectivity index (χ1) is 8.58. The number of nitrogens with one attached hydrogen (secondary N) is 1. The number of carbonyl (C=O) groups is 2. The first-order valence-corrected chi connectivity index (χ1v) is 5.56. The zero-order valence-corrected chi connectivity index (χ0v) is 9.96. The van der Waals surface area contributed by atoms with Crippen LogP contribution >= 0.6 is 0 Å². The van der Waals surface area contributed by atoms with Crippen molar-refractivity contribution in [3.63, 3.8) is 0 Å². The van der Waals surface area contributed by atoms with E-state index in [1.54, 1.807) is 0 Å². The molecular formula is C12H17N3O3. The van der Waals surface area contributed by atoms with Crippen LogP contribution in [0.1, 0.15) is 5.56 Å². The van der Waals surface area contributed by atoms with E-state index in [1.807, 2.05) is 30.3 Å². The van der Waals surface area contributed by atoms with E-state index in [0.717, 1.165) is 5.56 Å². The van der Waals surface area contributed by atoms with Crippen LogP contribution in [-0.2, 0) is 16.0 Å². The standard InChI is InChI=1S/C12H17N3O3/c13-10(6-9-4-2-1-3-5-9)7-15-12(17)18-8-11(14)16/h1-5,10H,6-8,13H2,(H2,14,16)(H,15,17). The molecule has 0 bridgehead atoms. The number of carbonyl (C=O) groups excluding carboxylic acids is 2. The monoisotopic (exact) mass is 251 g/mol. The summed E-state index contributed by atoms with van der Waals surface area (Å²) in [6, 6.07) is 9.49. The molecule has 18 heavy (non-hydrogen) atoms. The molecule has 0 aliphatic heterocycles. The molecule has 0 aromatic heterocycles. The predicted molar refractivity (Wildman–Crippen MR) is 66.7 cm³/mol. The highest BCUT2D eigenvalue weighted by Gasteiger charge is 2.08. The van der Waals surface area contributed by atoms with Crippen LogP contribution in [0.4, 0.5) is 4.79 Å². The molecular weight excluding hydrogens is 234 g/mol. The molecule has 98 valence electrons. The molecule has 0 aliphatic rings. The molecule has 0 heterocycles. The summed E-state index contributed by atoms with van der Waals surface area (Å²) < 4.78 is 4.52. The molecule has 5 N–H and O–H groups in total. The molecule has 0 radical (unpaired) electrons. The number of ether oxygens (including phenoxy) is 1. The van der Waals surface area contributed by atoms with Crippen LogP contribution in [-0.4, -0.2) is 31.2 Å². The molecule has 0 saturated heterocycles. The first kappa shape index (κ1) is 14.0. The minimum absolute atomic E-state index is 0.214. The van der Waals surface area contributed by atoms with Gasteiger partial charge in [-0.3, -0.25) is 4.79 Å². The quantitative estimate of drug-likeness (QED) is 0.649. The van der Waals surface area contributed by atoms with E-state index in [2.05, 4.69) is 10.1 Å². The van der Waals surface area contributed by atoms with Crippen molar-refractivity contribution in [2.24, 2.45) is 11.5 Å². The van der Waals surface area contributed by atoms with Gasteiger partial charge in [0.2, 0.25) is 0 Å². The molecule has 0 spiro atoms. The lowest BCUT2D eigenvalue weighted by atomic mass is 10.1. The maximum Gasteiger partial charge on any atom is 0.407 e. The lowest BCUT2D eigenvalue weighted by Gasteiger charge is -2.12. The topological polar surface area (TPSA) is 107 Å². The fourth-order valence-corrected chi connectivity index (χ4v) is 1.39. The van der Waals surface area contributed by atoms with E-state index in [-0.39, 0.29) is 12.6 Å². The Morgan fingerprint density at radius 2 is 1.94 bits per heavy atom. The lowest BCUT2D eigenvalue weighted by molar-refractivity contribution is -0.120. The van der Waals surface area contributed by atoms with Gasteiger partial charge in [0.15, 0.2) is 6.61 Å². The van der Waals surface area contributed by atoms with Crippen molar-refractivity contribution >= 4 is 12.0 Å². The third-order valence-electron chi connectivity index (χ3n) is 2.19. The summed E-state index contributed by atoms with van der Waals surface area (Å²) in [5.41, 5.74) is 11.8. The molecule has 1 rings (SSSR count).